The predicted molar refractivity (Wildman–Crippen MR) is 54.7 cm³/mol. The summed E-state index contributed by atoms with van der Waals surface area (Å²) in [5.41, 5.74) is 0.643. The van der Waals surface area contributed by atoms with Gasteiger partial charge in [0.25, 0.3) is 0 Å². The number of hydrogen-bond donors (Lipinski definition) is 2. The topological polar surface area (TPSA) is 66.8 Å². The fourth-order valence-electron chi connectivity index (χ4n) is 1.18. The van der Waals surface area contributed by atoms with Gasteiger partial charge in [0.1, 0.15) is 5.75 Å². The van der Waals surface area contributed by atoms with E-state index in [1.807, 2.05) is 0 Å². The van der Waals surface area contributed by atoms with E-state index in [0.29, 0.717) is 11.3 Å². The Hall–Kier alpha value is -1.55. The minimum atomic E-state index is -1.26. The van der Waals surface area contributed by atoms with Gasteiger partial charge in [-0.05, 0) is 17.7 Å². The van der Waals surface area contributed by atoms with Gasteiger partial charge in [0.05, 0.1) is 6.42 Å². The Balaban J connectivity index is 2.79. The molecule has 0 heterocycles. The zero-order chi connectivity index (χ0) is 11.5. The first-order valence-electron chi connectivity index (χ1n) is 4.59. The largest absolute Gasteiger partial charge is 0.481 e. The number of carbonyl (C=O) groups is 1. The quantitative estimate of drug-likeness (QED) is 0.737. The van der Waals surface area contributed by atoms with Crippen molar-refractivity contribution in [3.05, 3.63) is 29.8 Å². The van der Waals surface area contributed by atoms with Crippen LogP contribution in [0.25, 0.3) is 0 Å². The smallest absolute Gasteiger partial charge is 0.307 e. The van der Waals surface area contributed by atoms with Gasteiger partial charge >= 0.3 is 5.97 Å². The lowest BCUT2D eigenvalue weighted by molar-refractivity contribution is -0.136. The molecule has 0 unspecified atom stereocenters. The number of carboxylic acids is 1. The van der Waals surface area contributed by atoms with Crippen LogP contribution in [0, 0.1) is 0 Å². The first kappa shape index (κ1) is 11.5. The Morgan fingerprint density at radius 1 is 1.47 bits per heavy atom. The number of rotatable bonds is 4. The Bertz CT molecular complexity index is 352. The highest BCUT2D eigenvalue weighted by molar-refractivity contribution is 5.70. The van der Waals surface area contributed by atoms with Crippen LogP contribution in [-0.2, 0) is 11.2 Å². The molecule has 0 atom stereocenters. The van der Waals surface area contributed by atoms with E-state index in [0.717, 1.165) is 0 Å². The van der Waals surface area contributed by atoms with Crippen LogP contribution in [0.3, 0.4) is 0 Å². The molecule has 0 saturated carbocycles. The molecule has 0 aliphatic rings. The van der Waals surface area contributed by atoms with Crippen molar-refractivity contribution in [3.8, 4) is 5.75 Å². The van der Waals surface area contributed by atoms with Crippen LogP contribution >= 0.6 is 0 Å². The standard InChI is InChI=1S/C11H14O4/c1-11(2,14)15-9-5-3-4-8(6-9)7-10(12)13/h3-6,14H,7H2,1-2H3,(H,12,13). The number of aliphatic hydroxyl groups is 1. The SMILES string of the molecule is CC(C)(O)Oc1cccc(CC(=O)O)c1. The third kappa shape index (κ3) is 4.46. The Labute approximate surface area is 88.1 Å². The van der Waals surface area contributed by atoms with Crippen molar-refractivity contribution >= 4 is 5.97 Å². The maximum Gasteiger partial charge on any atom is 0.307 e. The zero-order valence-corrected chi connectivity index (χ0v) is 8.73. The Morgan fingerprint density at radius 2 is 2.13 bits per heavy atom. The third-order valence-corrected chi connectivity index (χ3v) is 1.62. The van der Waals surface area contributed by atoms with Crippen LogP contribution in [0.1, 0.15) is 19.4 Å². The highest BCUT2D eigenvalue weighted by atomic mass is 16.6. The number of benzene rings is 1. The van der Waals surface area contributed by atoms with Gasteiger partial charge < -0.3 is 14.9 Å². The van der Waals surface area contributed by atoms with E-state index in [1.54, 1.807) is 24.3 Å². The molecule has 0 bridgehead atoms. The van der Waals surface area contributed by atoms with Crippen molar-refractivity contribution in [3.63, 3.8) is 0 Å². The summed E-state index contributed by atoms with van der Waals surface area (Å²) in [5, 5.41) is 18.0. The second-order valence-corrected chi connectivity index (χ2v) is 3.77. The summed E-state index contributed by atoms with van der Waals surface area (Å²) >= 11 is 0. The molecular formula is C11H14O4. The van der Waals surface area contributed by atoms with Gasteiger partial charge in [-0.2, -0.15) is 0 Å². The monoisotopic (exact) mass is 210 g/mol. The van der Waals surface area contributed by atoms with Crippen molar-refractivity contribution in [2.45, 2.75) is 26.1 Å². The average Bonchev–Trinajstić information content (AvgIpc) is 1.99. The van der Waals surface area contributed by atoms with Gasteiger partial charge in [0.15, 0.2) is 0 Å². The molecule has 0 aliphatic heterocycles. The van der Waals surface area contributed by atoms with Crippen molar-refractivity contribution in [2.24, 2.45) is 0 Å². The van der Waals surface area contributed by atoms with Gasteiger partial charge in [0, 0.05) is 13.8 Å². The van der Waals surface area contributed by atoms with Crippen molar-refractivity contribution in [1.29, 1.82) is 0 Å². The van der Waals surface area contributed by atoms with Crippen LogP contribution in [0.2, 0.25) is 0 Å². The summed E-state index contributed by atoms with van der Waals surface area (Å²) in [6.07, 6.45) is -0.0525. The van der Waals surface area contributed by atoms with E-state index in [9.17, 15) is 9.90 Å². The van der Waals surface area contributed by atoms with Crippen molar-refractivity contribution < 1.29 is 19.7 Å². The number of aliphatic carboxylic acids is 1. The molecule has 0 aliphatic carbocycles. The molecule has 4 nitrogen and oxygen atoms in total. The minimum Gasteiger partial charge on any atom is -0.481 e. The van der Waals surface area contributed by atoms with E-state index in [1.165, 1.54) is 13.8 Å². The van der Waals surface area contributed by atoms with E-state index >= 15 is 0 Å². The van der Waals surface area contributed by atoms with Gasteiger partial charge in [-0.1, -0.05) is 12.1 Å². The summed E-state index contributed by atoms with van der Waals surface area (Å²) < 4.78 is 5.19. The number of ether oxygens (including phenoxy) is 1. The summed E-state index contributed by atoms with van der Waals surface area (Å²) in [6.45, 7) is 3.02. The van der Waals surface area contributed by atoms with Crippen molar-refractivity contribution in [1.82, 2.24) is 0 Å². The maximum absolute atomic E-state index is 10.5. The molecule has 1 rings (SSSR count). The molecule has 1 aromatic rings. The fourth-order valence-corrected chi connectivity index (χ4v) is 1.18. The van der Waals surface area contributed by atoms with E-state index in [2.05, 4.69) is 0 Å². The molecule has 0 radical (unpaired) electrons. The first-order valence-corrected chi connectivity index (χ1v) is 4.59. The molecule has 2 N–H and O–H groups in total. The lowest BCUT2D eigenvalue weighted by Gasteiger charge is -2.19. The molecule has 0 saturated heterocycles. The molecule has 4 heteroatoms. The van der Waals surface area contributed by atoms with Crippen molar-refractivity contribution in [2.75, 3.05) is 0 Å². The van der Waals surface area contributed by atoms with Gasteiger partial charge in [-0.15, -0.1) is 0 Å². The van der Waals surface area contributed by atoms with Crippen LogP contribution in [0.5, 0.6) is 5.75 Å². The molecule has 0 aromatic heterocycles. The predicted octanol–water partition coefficient (Wildman–Crippen LogP) is 1.42. The average molecular weight is 210 g/mol. The number of carboxylic acid groups (broad SMARTS) is 1. The van der Waals surface area contributed by atoms with E-state index < -0.39 is 11.8 Å². The summed E-state index contributed by atoms with van der Waals surface area (Å²) in [4.78, 5) is 10.5. The third-order valence-electron chi connectivity index (χ3n) is 1.62. The van der Waals surface area contributed by atoms with Crippen LogP contribution < -0.4 is 4.74 Å². The number of hydrogen-bond acceptors (Lipinski definition) is 3. The highest BCUT2D eigenvalue weighted by Crippen LogP contribution is 2.18. The second-order valence-electron chi connectivity index (χ2n) is 3.77. The fraction of sp³-hybridized carbons (Fsp3) is 0.364. The summed E-state index contributed by atoms with van der Waals surface area (Å²) in [6, 6.07) is 6.67. The molecule has 0 amide bonds. The lowest BCUT2D eigenvalue weighted by atomic mass is 10.1. The molecule has 1 aromatic carbocycles. The van der Waals surface area contributed by atoms with E-state index in [-0.39, 0.29) is 6.42 Å². The highest BCUT2D eigenvalue weighted by Gasteiger charge is 2.14. The van der Waals surface area contributed by atoms with Gasteiger partial charge in [-0.25, -0.2) is 0 Å². The lowest BCUT2D eigenvalue weighted by Crippen LogP contribution is -2.26. The Morgan fingerprint density at radius 3 is 2.67 bits per heavy atom. The van der Waals surface area contributed by atoms with Crippen LogP contribution in [-0.4, -0.2) is 22.0 Å². The van der Waals surface area contributed by atoms with Gasteiger partial charge in [-0.3, -0.25) is 4.79 Å². The second kappa shape index (κ2) is 4.31. The van der Waals surface area contributed by atoms with Crippen LogP contribution in [0.15, 0.2) is 24.3 Å². The molecule has 0 fully saturated rings. The minimum absolute atomic E-state index is 0.0525. The first-order chi connectivity index (χ1) is 6.87. The maximum atomic E-state index is 10.5. The van der Waals surface area contributed by atoms with E-state index in [4.69, 9.17) is 9.84 Å². The normalized spacial score (nSPS) is 11.1. The molecule has 0 spiro atoms. The summed E-state index contributed by atoms with van der Waals surface area (Å²) in [7, 11) is 0. The molecule has 15 heavy (non-hydrogen) atoms. The summed E-state index contributed by atoms with van der Waals surface area (Å²) in [5.74, 6) is -1.70. The zero-order valence-electron chi connectivity index (χ0n) is 8.73. The van der Waals surface area contributed by atoms with Crippen LogP contribution in [0.4, 0.5) is 0 Å². The molecular weight excluding hydrogens is 196 g/mol. The molecule has 82 valence electrons. The Kier molecular flexibility index (Phi) is 3.31. The van der Waals surface area contributed by atoms with Gasteiger partial charge in [0.2, 0.25) is 5.79 Å².